The molecule has 3 aromatic rings. The Morgan fingerprint density at radius 2 is 1.60 bits per heavy atom. The summed E-state index contributed by atoms with van der Waals surface area (Å²) in [6.07, 6.45) is 0. The van der Waals surface area contributed by atoms with E-state index in [2.05, 4.69) is 5.32 Å². The van der Waals surface area contributed by atoms with E-state index in [-0.39, 0.29) is 23.2 Å². The van der Waals surface area contributed by atoms with Gasteiger partial charge in [0.15, 0.2) is 0 Å². The maximum atomic E-state index is 13.6. The molecule has 0 radical (unpaired) electrons. The van der Waals surface area contributed by atoms with E-state index >= 15 is 0 Å². The fourth-order valence-electron chi connectivity index (χ4n) is 3.40. The zero-order valence-electron chi connectivity index (χ0n) is 20.2. The van der Waals surface area contributed by atoms with E-state index in [4.69, 9.17) is 14.2 Å². The van der Waals surface area contributed by atoms with Gasteiger partial charge in [0, 0.05) is 0 Å². The van der Waals surface area contributed by atoms with Crippen LogP contribution in [-0.2, 0) is 14.8 Å². The second-order valence-corrected chi connectivity index (χ2v) is 9.82. The van der Waals surface area contributed by atoms with Gasteiger partial charge in [-0.3, -0.25) is 9.10 Å². The molecular formula is C26H30N2O6S. The Labute approximate surface area is 206 Å². The number of sulfonamides is 1. The minimum absolute atomic E-state index is 0.0762. The first-order chi connectivity index (χ1) is 16.7. The van der Waals surface area contributed by atoms with Crippen LogP contribution in [0.2, 0.25) is 0 Å². The molecular weight excluding hydrogens is 468 g/mol. The summed E-state index contributed by atoms with van der Waals surface area (Å²) in [6, 6.07) is 19.9. The minimum Gasteiger partial charge on any atom is -0.497 e. The molecule has 3 aromatic carbocycles. The van der Waals surface area contributed by atoms with Crippen LogP contribution in [0.5, 0.6) is 17.2 Å². The highest BCUT2D eigenvalue weighted by atomic mass is 32.2. The van der Waals surface area contributed by atoms with Crippen LogP contribution >= 0.6 is 0 Å². The van der Waals surface area contributed by atoms with Gasteiger partial charge in [-0.25, -0.2) is 8.42 Å². The Morgan fingerprint density at radius 1 is 0.943 bits per heavy atom. The zero-order chi connectivity index (χ0) is 25.4. The lowest BCUT2D eigenvalue weighted by molar-refractivity contribution is -0.120. The van der Waals surface area contributed by atoms with Crippen LogP contribution in [0.25, 0.3) is 0 Å². The highest BCUT2D eigenvalue weighted by Gasteiger charge is 2.29. The summed E-state index contributed by atoms with van der Waals surface area (Å²) in [5.74, 6) is 1.22. The van der Waals surface area contributed by atoms with Gasteiger partial charge in [-0.1, -0.05) is 24.3 Å². The molecule has 3 rings (SSSR count). The van der Waals surface area contributed by atoms with Crippen molar-refractivity contribution in [2.75, 3.05) is 31.7 Å². The summed E-state index contributed by atoms with van der Waals surface area (Å²) in [5.41, 5.74) is 1.12. The maximum absolute atomic E-state index is 13.6. The van der Waals surface area contributed by atoms with E-state index in [1.807, 2.05) is 13.0 Å². The van der Waals surface area contributed by atoms with Gasteiger partial charge in [-0.15, -0.1) is 0 Å². The van der Waals surface area contributed by atoms with Gasteiger partial charge in [0.25, 0.3) is 10.0 Å². The largest absolute Gasteiger partial charge is 0.497 e. The number of aryl methyl sites for hydroxylation is 1. The van der Waals surface area contributed by atoms with Crippen molar-refractivity contribution in [3.05, 3.63) is 78.4 Å². The molecule has 0 bridgehead atoms. The van der Waals surface area contributed by atoms with Gasteiger partial charge >= 0.3 is 0 Å². The van der Waals surface area contributed by atoms with Crippen LogP contribution in [0.15, 0.2) is 77.7 Å². The summed E-state index contributed by atoms with van der Waals surface area (Å²) in [5, 5.41) is 2.81. The molecule has 0 saturated heterocycles. The van der Waals surface area contributed by atoms with E-state index < -0.39 is 22.5 Å². The van der Waals surface area contributed by atoms with Gasteiger partial charge in [0.1, 0.15) is 30.4 Å². The van der Waals surface area contributed by atoms with Crippen LogP contribution in [0.3, 0.4) is 0 Å². The average molecular weight is 499 g/mol. The number of anilines is 1. The first kappa shape index (κ1) is 25.9. The summed E-state index contributed by atoms with van der Waals surface area (Å²) in [6.45, 7) is 3.40. The van der Waals surface area contributed by atoms with Gasteiger partial charge < -0.3 is 19.5 Å². The van der Waals surface area contributed by atoms with Crippen molar-refractivity contribution in [2.45, 2.75) is 24.8 Å². The van der Waals surface area contributed by atoms with Crippen LogP contribution in [0.1, 0.15) is 12.5 Å². The number of ether oxygens (including phenoxy) is 3. The lowest BCUT2D eigenvalue weighted by atomic mass is 10.2. The molecule has 0 aromatic heterocycles. The maximum Gasteiger partial charge on any atom is 0.264 e. The third-order valence-corrected chi connectivity index (χ3v) is 6.96. The number of hydrogen-bond donors (Lipinski definition) is 1. The normalized spacial score (nSPS) is 11.9. The number of nitrogens with zero attached hydrogens (tertiary/aromatic N) is 1. The number of methoxy groups -OCH3 is 2. The summed E-state index contributed by atoms with van der Waals surface area (Å²) < 4.78 is 44.4. The van der Waals surface area contributed by atoms with E-state index in [9.17, 15) is 13.2 Å². The lowest BCUT2D eigenvalue weighted by Gasteiger charge is -2.26. The number of carbonyl (C=O) groups is 1. The first-order valence-corrected chi connectivity index (χ1v) is 12.5. The molecule has 0 aliphatic rings. The Hall–Kier alpha value is -3.72. The molecule has 1 unspecified atom stereocenters. The Balaban J connectivity index is 1.78. The molecule has 0 heterocycles. The Kier molecular flexibility index (Phi) is 8.59. The third kappa shape index (κ3) is 6.66. The summed E-state index contributed by atoms with van der Waals surface area (Å²) in [7, 11) is -1.00. The van der Waals surface area contributed by atoms with Gasteiger partial charge in [-0.05, 0) is 67.9 Å². The highest BCUT2D eigenvalue weighted by molar-refractivity contribution is 7.92. The number of nitrogens with one attached hydrogen (secondary N) is 1. The SMILES string of the molecule is COc1ccc(OCC(C)NC(=O)CN(c2cc(C)ccc2OC)S(=O)(=O)c2ccccc2)cc1. The van der Waals surface area contributed by atoms with E-state index in [0.717, 1.165) is 9.87 Å². The molecule has 9 heteroatoms. The molecule has 186 valence electrons. The topological polar surface area (TPSA) is 94.2 Å². The zero-order valence-corrected chi connectivity index (χ0v) is 21.0. The molecule has 1 amide bonds. The quantitative estimate of drug-likeness (QED) is 0.432. The van der Waals surface area contributed by atoms with Crippen molar-refractivity contribution in [1.29, 1.82) is 0 Å². The molecule has 35 heavy (non-hydrogen) atoms. The Morgan fingerprint density at radius 3 is 2.23 bits per heavy atom. The number of rotatable bonds is 11. The first-order valence-electron chi connectivity index (χ1n) is 11.0. The second-order valence-electron chi connectivity index (χ2n) is 7.96. The van der Waals surface area contributed by atoms with Crippen LogP contribution in [-0.4, -0.2) is 47.7 Å². The standard InChI is InChI=1S/C26H30N2O6S/c1-19-10-15-25(33-4)24(16-19)28(35(30,31)23-8-6-5-7-9-23)17-26(29)27-20(2)18-34-22-13-11-21(32-3)12-14-22/h5-16,20H,17-18H2,1-4H3,(H,27,29). The molecule has 8 nitrogen and oxygen atoms in total. The van der Waals surface area contributed by atoms with Gasteiger partial charge in [0.2, 0.25) is 5.91 Å². The number of hydrogen-bond acceptors (Lipinski definition) is 6. The van der Waals surface area contributed by atoms with Crippen molar-refractivity contribution in [3.8, 4) is 17.2 Å². The van der Waals surface area contributed by atoms with Crippen LogP contribution < -0.4 is 23.8 Å². The molecule has 0 aliphatic heterocycles. The molecule has 0 aliphatic carbocycles. The van der Waals surface area contributed by atoms with Crippen molar-refractivity contribution >= 4 is 21.6 Å². The minimum atomic E-state index is -4.05. The summed E-state index contributed by atoms with van der Waals surface area (Å²) in [4.78, 5) is 13.0. The van der Waals surface area contributed by atoms with Crippen molar-refractivity contribution in [2.24, 2.45) is 0 Å². The second kappa shape index (κ2) is 11.6. The highest BCUT2D eigenvalue weighted by Crippen LogP contribution is 2.33. The van der Waals surface area contributed by atoms with Gasteiger partial charge in [0.05, 0.1) is 30.8 Å². The van der Waals surface area contributed by atoms with E-state index in [1.54, 1.807) is 68.6 Å². The van der Waals surface area contributed by atoms with Crippen molar-refractivity contribution < 1.29 is 27.4 Å². The number of benzene rings is 3. The monoisotopic (exact) mass is 498 g/mol. The fraction of sp³-hybridized carbons (Fsp3) is 0.269. The predicted molar refractivity (Wildman–Crippen MR) is 135 cm³/mol. The number of carbonyl (C=O) groups excluding carboxylic acids is 1. The van der Waals surface area contributed by atoms with Crippen molar-refractivity contribution in [3.63, 3.8) is 0 Å². The fourth-order valence-corrected chi connectivity index (χ4v) is 4.84. The lowest BCUT2D eigenvalue weighted by Crippen LogP contribution is -2.45. The molecule has 1 atom stereocenters. The van der Waals surface area contributed by atoms with Crippen LogP contribution in [0.4, 0.5) is 5.69 Å². The Bertz CT molecular complexity index is 1230. The molecule has 0 spiro atoms. The molecule has 1 N–H and O–H groups in total. The van der Waals surface area contributed by atoms with Crippen LogP contribution in [0, 0.1) is 6.92 Å². The predicted octanol–water partition coefficient (Wildman–Crippen LogP) is 3.79. The van der Waals surface area contributed by atoms with Crippen molar-refractivity contribution in [1.82, 2.24) is 5.32 Å². The van der Waals surface area contributed by atoms with E-state index in [0.29, 0.717) is 17.2 Å². The third-order valence-electron chi connectivity index (χ3n) is 5.19. The average Bonchev–Trinajstić information content (AvgIpc) is 2.86. The summed E-state index contributed by atoms with van der Waals surface area (Å²) >= 11 is 0. The number of amides is 1. The molecule has 0 saturated carbocycles. The smallest absolute Gasteiger partial charge is 0.264 e. The molecule has 0 fully saturated rings. The van der Waals surface area contributed by atoms with E-state index in [1.165, 1.54) is 19.2 Å². The van der Waals surface area contributed by atoms with Gasteiger partial charge in [-0.2, -0.15) is 0 Å².